The lowest BCUT2D eigenvalue weighted by atomic mass is 10.2. The van der Waals surface area contributed by atoms with Crippen LogP contribution in [0.15, 0.2) is 23.3 Å². The van der Waals surface area contributed by atoms with Crippen molar-refractivity contribution >= 4 is 56.2 Å². The highest BCUT2D eigenvalue weighted by Gasteiger charge is 2.21. The Morgan fingerprint density at radius 2 is 2.08 bits per heavy atom. The molecule has 3 heterocycles. The maximum absolute atomic E-state index is 12.7. The van der Waals surface area contributed by atoms with Gasteiger partial charge in [-0.25, -0.2) is 9.78 Å². The van der Waals surface area contributed by atoms with Gasteiger partial charge < -0.3 is 4.74 Å². The Labute approximate surface area is 155 Å². The molecular weight excluding hydrogens is 384 g/mol. The van der Waals surface area contributed by atoms with Gasteiger partial charge in [0.15, 0.2) is 5.78 Å². The van der Waals surface area contributed by atoms with E-state index < -0.39 is 5.97 Å². The lowest BCUT2D eigenvalue weighted by Crippen LogP contribution is -2.24. The summed E-state index contributed by atoms with van der Waals surface area (Å²) in [6, 6.07) is 3.26. The number of aromatic nitrogens is 2. The van der Waals surface area contributed by atoms with Crippen LogP contribution in [0.5, 0.6) is 0 Å². The Bertz CT molecular complexity index is 1030. The van der Waals surface area contributed by atoms with Crippen molar-refractivity contribution in [2.24, 2.45) is 0 Å². The molecule has 0 saturated heterocycles. The van der Waals surface area contributed by atoms with Crippen molar-refractivity contribution < 1.29 is 14.3 Å². The quantitative estimate of drug-likeness (QED) is 0.487. The summed E-state index contributed by atoms with van der Waals surface area (Å²) < 4.78 is 6.76. The average molecular weight is 397 g/mol. The van der Waals surface area contributed by atoms with Crippen LogP contribution in [0, 0.1) is 6.92 Å². The fraction of sp³-hybridized carbons (Fsp3) is 0.250. The topological polar surface area (TPSA) is 78.3 Å². The van der Waals surface area contributed by atoms with E-state index in [0.717, 1.165) is 22.7 Å². The molecular formula is C16H13ClN2O4S2. The van der Waals surface area contributed by atoms with Gasteiger partial charge in [-0.05, 0) is 31.5 Å². The normalized spacial score (nSPS) is 11.0. The second-order valence-corrected chi connectivity index (χ2v) is 7.88. The third-order valence-corrected chi connectivity index (χ3v) is 5.99. The fourth-order valence-corrected chi connectivity index (χ4v) is 4.37. The first-order valence-electron chi connectivity index (χ1n) is 7.36. The van der Waals surface area contributed by atoms with Crippen LogP contribution < -0.4 is 5.56 Å². The molecule has 9 heteroatoms. The number of ketones is 1. The molecule has 0 spiro atoms. The number of rotatable bonds is 5. The molecule has 3 aromatic rings. The summed E-state index contributed by atoms with van der Waals surface area (Å²) in [7, 11) is 0. The Morgan fingerprint density at radius 1 is 1.32 bits per heavy atom. The zero-order valence-corrected chi connectivity index (χ0v) is 15.8. The van der Waals surface area contributed by atoms with E-state index in [1.54, 1.807) is 26.0 Å². The monoisotopic (exact) mass is 396 g/mol. The van der Waals surface area contributed by atoms with Crippen molar-refractivity contribution in [2.75, 3.05) is 6.61 Å². The van der Waals surface area contributed by atoms with Crippen molar-refractivity contribution in [1.82, 2.24) is 9.55 Å². The van der Waals surface area contributed by atoms with Crippen molar-refractivity contribution in [3.8, 4) is 0 Å². The van der Waals surface area contributed by atoms with Crippen molar-refractivity contribution in [3.63, 3.8) is 0 Å². The number of fused-ring (bicyclic) bond motifs is 1. The smallest absolute Gasteiger partial charge is 0.348 e. The Hall–Kier alpha value is -2.03. The van der Waals surface area contributed by atoms with Gasteiger partial charge in [0.1, 0.15) is 9.71 Å². The van der Waals surface area contributed by atoms with Crippen LogP contribution in [-0.2, 0) is 11.3 Å². The van der Waals surface area contributed by atoms with Crippen LogP contribution in [-0.4, -0.2) is 27.9 Å². The van der Waals surface area contributed by atoms with Gasteiger partial charge in [-0.2, -0.15) is 0 Å². The number of hydrogen-bond donors (Lipinski definition) is 0. The molecule has 6 nitrogen and oxygen atoms in total. The molecule has 0 saturated carbocycles. The first-order valence-corrected chi connectivity index (χ1v) is 9.37. The molecule has 0 bridgehead atoms. The zero-order chi connectivity index (χ0) is 18.1. The number of nitrogens with zero attached hydrogens (tertiary/aromatic N) is 2. The highest BCUT2D eigenvalue weighted by molar-refractivity contribution is 7.20. The number of carbonyl (C=O) groups is 2. The predicted octanol–water partition coefficient (Wildman–Crippen LogP) is 3.54. The van der Waals surface area contributed by atoms with Crippen molar-refractivity contribution in [3.05, 3.63) is 48.5 Å². The minimum atomic E-state index is -0.474. The molecule has 130 valence electrons. The van der Waals surface area contributed by atoms with Crippen LogP contribution in [0.2, 0.25) is 4.34 Å². The highest BCUT2D eigenvalue weighted by atomic mass is 35.5. The second kappa shape index (κ2) is 7.07. The Kier molecular flexibility index (Phi) is 5.03. The van der Waals surface area contributed by atoms with E-state index in [0.29, 0.717) is 29.9 Å². The lowest BCUT2D eigenvalue weighted by Gasteiger charge is -2.03. The van der Waals surface area contributed by atoms with Gasteiger partial charge in [0.25, 0.3) is 5.56 Å². The molecule has 0 aromatic carbocycles. The summed E-state index contributed by atoms with van der Waals surface area (Å²) in [5.74, 6) is -0.697. The Balaban J connectivity index is 1.99. The molecule has 0 aliphatic carbocycles. The Morgan fingerprint density at radius 3 is 2.72 bits per heavy atom. The molecule has 0 unspecified atom stereocenters. The summed E-state index contributed by atoms with van der Waals surface area (Å²) in [6.07, 6.45) is 1.32. The largest absolute Gasteiger partial charge is 0.462 e. The molecule has 0 fully saturated rings. The number of ether oxygens (including phenoxy) is 1. The molecule has 0 amide bonds. The summed E-state index contributed by atoms with van der Waals surface area (Å²) in [5, 5.41) is 0.340. The molecule has 0 aliphatic heterocycles. The molecule has 0 radical (unpaired) electrons. The molecule has 0 N–H and O–H groups in total. The van der Waals surface area contributed by atoms with Gasteiger partial charge in [-0.1, -0.05) is 11.6 Å². The number of thiophene rings is 2. The van der Waals surface area contributed by atoms with E-state index in [9.17, 15) is 14.4 Å². The summed E-state index contributed by atoms with van der Waals surface area (Å²) in [6.45, 7) is 3.51. The van der Waals surface area contributed by atoms with E-state index in [1.165, 1.54) is 10.9 Å². The van der Waals surface area contributed by atoms with Gasteiger partial charge >= 0.3 is 5.97 Å². The van der Waals surface area contributed by atoms with E-state index in [2.05, 4.69) is 4.98 Å². The first kappa shape index (κ1) is 17.8. The van der Waals surface area contributed by atoms with Crippen LogP contribution in [0.4, 0.5) is 0 Å². The minimum absolute atomic E-state index is 0.136. The maximum Gasteiger partial charge on any atom is 0.348 e. The van der Waals surface area contributed by atoms with Gasteiger partial charge in [-0.15, -0.1) is 22.7 Å². The van der Waals surface area contributed by atoms with Crippen LogP contribution >= 0.6 is 34.3 Å². The molecule has 3 aromatic heterocycles. The van der Waals surface area contributed by atoms with Crippen molar-refractivity contribution in [2.45, 2.75) is 20.4 Å². The summed E-state index contributed by atoms with van der Waals surface area (Å²) in [5.41, 5.74) is 0.169. The number of halogens is 1. The van der Waals surface area contributed by atoms with E-state index in [1.807, 2.05) is 0 Å². The van der Waals surface area contributed by atoms with Gasteiger partial charge in [0, 0.05) is 0 Å². The first-order chi connectivity index (χ1) is 11.9. The highest BCUT2D eigenvalue weighted by Crippen LogP contribution is 2.27. The molecule has 25 heavy (non-hydrogen) atoms. The van der Waals surface area contributed by atoms with Gasteiger partial charge in [0.05, 0.1) is 34.1 Å². The zero-order valence-electron chi connectivity index (χ0n) is 13.4. The maximum atomic E-state index is 12.7. The standard InChI is InChI=1S/C16H13ClN2O4S2/c1-3-23-16(22)13-8(2)12-14(25-13)18-7-19(15(12)21)6-9(20)10-4-5-11(17)24-10/h4-5,7H,3,6H2,1-2H3. The number of esters is 1. The van der Waals surface area contributed by atoms with E-state index >= 15 is 0 Å². The average Bonchev–Trinajstić information content (AvgIpc) is 3.14. The molecule has 0 atom stereocenters. The SMILES string of the molecule is CCOC(=O)c1sc2ncn(CC(=O)c3ccc(Cl)s3)c(=O)c2c1C. The van der Waals surface area contributed by atoms with Crippen LogP contribution in [0.3, 0.4) is 0 Å². The van der Waals surface area contributed by atoms with E-state index in [4.69, 9.17) is 16.3 Å². The van der Waals surface area contributed by atoms with E-state index in [-0.39, 0.29) is 24.5 Å². The lowest BCUT2D eigenvalue weighted by molar-refractivity contribution is 0.0531. The van der Waals surface area contributed by atoms with Gasteiger partial charge in [0.2, 0.25) is 0 Å². The minimum Gasteiger partial charge on any atom is -0.462 e. The molecule has 3 rings (SSSR count). The summed E-state index contributed by atoms with van der Waals surface area (Å²) in [4.78, 5) is 42.5. The number of Topliss-reactive ketones (excluding diaryl/α,β-unsaturated/α-hetero) is 1. The number of carbonyl (C=O) groups excluding carboxylic acids is 2. The molecule has 0 aliphatic rings. The third kappa shape index (κ3) is 3.37. The second-order valence-electron chi connectivity index (χ2n) is 5.16. The van der Waals surface area contributed by atoms with Crippen LogP contribution in [0.1, 0.15) is 31.8 Å². The number of hydrogen-bond acceptors (Lipinski definition) is 7. The fourth-order valence-electron chi connectivity index (χ4n) is 2.36. The number of aryl methyl sites for hydroxylation is 1. The summed E-state index contributed by atoms with van der Waals surface area (Å²) >= 11 is 8.12. The predicted molar refractivity (Wildman–Crippen MR) is 98.2 cm³/mol. The van der Waals surface area contributed by atoms with Crippen LogP contribution in [0.25, 0.3) is 10.2 Å². The third-order valence-electron chi connectivity index (χ3n) is 3.54. The van der Waals surface area contributed by atoms with Crippen molar-refractivity contribution in [1.29, 1.82) is 0 Å². The van der Waals surface area contributed by atoms with Gasteiger partial charge in [-0.3, -0.25) is 14.2 Å².